The van der Waals surface area contributed by atoms with Crippen LogP contribution < -0.4 is 0 Å². The molecule has 1 unspecified atom stereocenters. The quantitative estimate of drug-likeness (QED) is 0.880. The van der Waals surface area contributed by atoms with Crippen molar-refractivity contribution in [1.82, 2.24) is 9.55 Å². The molecule has 5 heteroatoms. The van der Waals surface area contributed by atoms with Gasteiger partial charge in [0.05, 0.1) is 5.69 Å². The van der Waals surface area contributed by atoms with Crippen molar-refractivity contribution in [1.29, 1.82) is 0 Å². The van der Waals surface area contributed by atoms with Gasteiger partial charge in [0.2, 0.25) is 0 Å². The van der Waals surface area contributed by atoms with E-state index in [1.807, 2.05) is 31.2 Å². The number of aliphatic hydroxyl groups excluding tert-OH is 1. The summed E-state index contributed by atoms with van der Waals surface area (Å²) in [6, 6.07) is 7.71. The average Bonchev–Trinajstić information content (AvgIpc) is 2.80. The van der Waals surface area contributed by atoms with Crippen LogP contribution in [0.1, 0.15) is 40.8 Å². The third-order valence-corrected chi connectivity index (χ3v) is 3.66. The number of aromatic nitrogens is 2. The number of aromatic carboxylic acids is 1. The van der Waals surface area contributed by atoms with Gasteiger partial charge in [0, 0.05) is 5.56 Å². The lowest BCUT2D eigenvalue weighted by Crippen LogP contribution is -2.19. The van der Waals surface area contributed by atoms with Crippen molar-refractivity contribution < 1.29 is 15.0 Å². The van der Waals surface area contributed by atoms with Crippen molar-refractivity contribution >= 4 is 5.97 Å². The summed E-state index contributed by atoms with van der Waals surface area (Å²) >= 11 is 0. The van der Waals surface area contributed by atoms with Crippen molar-refractivity contribution in [3.8, 4) is 11.4 Å². The predicted octanol–water partition coefficient (Wildman–Crippen LogP) is 2.38. The molecular weight excluding hydrogens is 256 g/mol. The highest BCUT2D eigenvalue weighted by molar-refractivity contribution is 5.88. The molecular formula is C15H16N2O3. The standard InChI is InChI=1S/C15H16N2O3/c1-9-4-2-5-10(8-9)14-16-13(15(19)20)11-6-3-7-12(18)17(11)14/h2,4-5,8,12,18H,3,6-7H2,1H3,(H,19,20). The Bertz CT molecular complexity index is 676. The van der Waals surface area contributed by atoms with Crippen LogP contribution in [0.3, 0.4) is 0 Å². The van der Waals surface area contributed by atoms with Crippen LogP contribution in [0.5, 0.6) is 0 Å². The smallest absolute Gasteiger partial charge is 0.356 e. The molecule has 3 rings (SSSR count). The van der Waals surface area contributed by atoms with Gasteiger partial charge in [-0.05, 0) is 32.3 Å². The Balaban J connectivity index is 2.23. The lowest BCUT2D eigenvalue weighted by molar-refractivity contribution is 0.0678. The number of carbonyl (C=O) groups is 1. The molecule has 5 nitrogen and oxygen atoms in total. The molecule has 0 aliphatic carbocycles. The molecule has 0 amide bonds. The van der Waals surface area contributed by atoms with E-state index in [0.717, 1.165) is 17.5 Å². The molecule has 1 aromatic carbocycles. The van der Waals surface area contributed by atoms with Crippen molar-refractivity contribution in [2.75, 3.05) is 0 Å². The van der Waals surface area contributed by atoms with Crippen LogP contribution >= 0.6 is 0 Å². The van der Waals surface area contributed by atoms with E-state index in [-0.39, 0.29) is 5.69 Å². The van der Waals surface area contributed by atoms with E-state index >= 15 is 0 Å². The first-order chi connectivity index (χ1) is 9.58. The van der Waals surface area contributed by atoms with E-state index in [9.17, 15) is 15.0 Å². The van der Waals surface area contributed by atoms with Crippen LogP contribution in [-0.2, 0) is 6.42 Å². The highest BCUT2D eigenvalue weighted by Gasteiger charge is 2.28. The second-order valence-corrected chi connectivity index (χ2v) is 5.15. The minimum Gasteiger partial charge on any atom is -0.476 e. The van der Waals surface area contributed by atoms with E-state index in [2.05, 4.69) is 4.98 Å². The number of nitrogens with zero attached hydrogens (tertiary/aromatic N) is 2. The Morgan fingerprint density at radius 1 is 1.45 bits per heavy atom. The molecule has 104 valence electrons. The Hall–Kier alpha value is -2.14. The minimum absolute atomic E-state index is 0.0558. The molecule has 2 aromatic rings. The molecule has 0 saturated carbocycles. The lowest BCUT2D eigenvalue weighted by Gasteiger charge is -2.23. The molecule has 20 heavy (non-hydrogen) atoms. The van der Waals surface area contributed by atoms with Gasteiger partial charge in [-0.2, -0.15) is 0 Å². The lowest BCUT2D eigenvalue weighted by atomic mass is 10.1. The average molecular weight is 272 g/mol. The van der Waals surface area contributed by atoms with Crippen molar-refractivity contribution in [2.45, 2.75) is 32.4 Å². The number of hydrogen-bond donors (Lipinski definition) is 2. The first kappa shape index (κ1) is 12.9. The zero-order valence-electron chi connectivity index (χ0n) is 11.2. The second kappa shape index (κ2) is 4.76. The highest BCUT2D eigenvalue weighted by atomic mass is 16.4. The monoisotopic (exact) mass is 272 g/mol. The van der Waals surface area contributed by atoms with Gasteiger partial charge in [0.1, 0.15) is 12.1 Å². The van der Waals surface area contributed by atoms with Crippen LogP contribution in [0.2, 0.25) is 0 Å². The summed E-state index contributed by atoms with van der Waals surface area (Å²) in [4.78, 5) is 15.6. The summed E-state index contributed by atoms with van der Waals surface area (Å²) in [5.74, 6) is -0.505. The van der Waals surface area contributed by atoms with Gasteiger partial charge >= 0.3 is 5.97 Å². The highest BCUT2D eigenvalue weighted by Crippen LogP contribution is 2.32. The first-order valence-electron chi connectivity index (χ1n) is 6.67. The van der Waals surface area contributed by atoms with Crippen molar-refractivity contribution in [2.24, 2.45) is 0 Å². The normalized spacial score (nSPS) is 17.8. The maximum Gasteiger partial charge on any atom is 0.356 e. The van der Waals surface area contributed by atoms with Gasteiger partial charge in [0.25, 0.3) is 0 Å². The summed E-state index contributed by atoms with van der Waals surface area (Å²) in [7, 11) is 0. The van der Waals surface area contributed by atoms with E-state index in [1.54, 1.807) is 4.57 Å². The second-order valence-electron chi connectivity index (χ2n) is 5.15. The van der Waals surface area contributed by atoms with Gasteiger partial charge in [-0.15, -0.1) is 0 Å². The zero-order valence-corrected chi connectivity index (χ0v) is 11.2. The molecule has 2 N–H and O–H groups in total. The number of carboxylic acid groups (broad SMARTS) is 1. The summed E-state index contributed by atoms with van der Waals surface area (Å²) in [6.07, 6.45) is 1.34. The molecule has 0 radical (unpaired) electrons. The number of rotatable bonds is 2. The molecule has 0 bridgehead atoms. The molecule has 1 aromatic heterocycles. The topological polar surface area (TPSA) is 75.3 Å². The fraction of sp³-hybridized carbons (Fsp3) is 0.333. The third kappa shape index (κ3) is 2.00. The van der Waals surface area contributed by atoms with Gasteiger partial charge in [-0.25, -0.2) is 9.78 Å². The largest absolute Gasteiger partial charge is 0.476 e. The van der Waals surface area contributed by atoms with Crippen molar-refractivity contribution in [3.05, 3.63) is 41.2 Å². The van der Waals surface area contributed by atoms with E-state index in [0.29, 0.717) is 24.4 Å². The van der Waals surface area contributed by atoms with Crippen LogP contribution in [0.15, 0.2) is 24.3 Å². The Morgan fingerprint density at radius 3 is 2.95 bits per heavy atom. The summed E-state index contributed by atoms with van der Waals surface area (Å²) in [6.45, 7) is 1.97. The fourth-order valence-corrected chi connectivity index (χ4v) is 2.77. The summed E-state index contributed by atoms with van der Waals surface area (Å²) in [5.41, 5.74) is 2.58. The predicted molar refractivity (Wildman–Crippen MR) is 73.6 cm³/mol. The molecule has 1 aliphatic rings. The number of carboxylic acids is 1. The minimum atomic E-state index is -1.04. The maximum absolute atomic E-state index is 11.3. The van der Waals surface area contributed by atoms with Crippen LogP contribution in [0.25, 0.3) is 11.4 Å². The number of aryl methyl sites for hydroxylation is 1. The third-order valence-electron chi connectivity index (χ3n) is 3.66. The molecule has 1 aliphatic heterocycles. The Morgan fingerprint density at radius 2 is 2.25 bits per heavy atom. The number of fused-ring (bicyclic) bond motifs is 1. The van der Waals surface area contributed by atoms with Crippen LogP contribution in [0.4, 0.5) is 0 Å². The number of aliphatic hydroxyl groups is 1. The first-order valence-corrected chi connectivity index (χ1v) is 6.67. The van der Waals surface area contributed by atoms with E-state index in [4.69, 9.17) is 0 Å². The fourth-order valence-electron chi connectivity index (χ4n) is 2.77. The van der Waals surface area contributed by atoms with Gasteiger partial charge in [-0.3, -0.25) is 0 Å². The van der Waals surface area contributed by atoms with E-state index in [1.165, 1.54) is 0 Å². The van der Waals surface area contributed by atoms with Gasteiger partial charge < -0.3 is 14.8 Å². The maximum atomic E-state index is 11.3. The molecule has 0 spiro atoms. The SMILES string of the molecule is Cc1cccc(-c2nc(C(=O)O)c3n2C(O)CCC3)c1. The van der Waals surface area contributed by atoms with Crippen LogP contribution in [0, 0.1) is 6.92 Å². The number of imidazole rings is 1. The molecule has 0 saturated heterocycles. The van der Waals surface area contributed by atoms with Gasteiger partial charge in [0.15, 0.2) is 5.69 Å². The number of hydrogen-bond acceptors (Lipinski definition) is 3. The van der Waals surface area contributed by atoms with Crippen molar-refractivity contribution in [3.63, 3.8) is 0 Å². The Labute approximate surface area is 116 Å². The zero-order chi connectivity index (χ0) is 14.3. The summed E-state index contributed by atoms with van der Waals surface area (Å²) < 4.78 is 1.67. The molecule has 1 atom stereocenters. The number of benzene rings is 1. The van der Waals surface area contributed by atoms with E-state index < -0.39 is 12.2 Å². The van der Waals surface area contributed by atoms with Gasteiger partial charge in [-0.1, -0.05) is 23.8 Å². The summed E-state index contributed by atoms with van der Waals surface area (Å²) in [5, 5.41) is 19.5. The Kier molecular flexibility index (Phi) is 3.06. The van der Waals surface area contributed by atoms with Crippen LogP contribution in [-0.4, -0.2) is 25.7 Å². The molecule has 0 fully saturated rings. The molecule has 2 heterocycles.